The third-order valence-electron chi connectivity index (χ3n) is 5.24. The Labute approximate surface area is 187 Å². The van der Waals surface area contributed by atoms with E-state index in [-0.39, 0.29) is 5.91 Å². The number of aryl methyl sites for hydroxylation is 3. The minimum Gasteiger partial charge on any atom is -0.353 e. The first-order valence-corrected chi connectivity index (χ1v) is 10.6. The molecule has 0 unspecified atom stereocenters. The van der Waals surface area contributed by atoms with Crippen molar-refractivity contribution in [2.45, 2.75) is 20.8 Å². The van der Waals surface area contributed by atoms with Gasteiger partial charge in [0.25, 0.3) is 0 Å². The summed E-state index contributed by atoms with van der Waals surface area (Å²) in [6, 6.07) is 11.4. The number of hydrogen-bond acceptors (Lipinski definition) is 5. The number of piperazine rings is 1. The predicted octanol–water partition coefficient (Wildman–Crippen LogP) is 3.60. The molecule has 0 aliphatic carbocycles. The molecule has 1 aliphatic rings. The number of anilines is 1. The maximum atomic E-state index is 12.6. The Morgan fingerprint density at radius 2 is 1.65 bits per heavy atom. The number of carbonyl (C=O) groups excluding carboxylic acids is 1. The number of benzene rings is 1. The molecule has 1 saturated heterocycles. The van der Waals surface area contributed by atoms with E-state index in [9.17, 15) is 4.79 Å². The molecule has 0 atom stereocenters. The monoisotopic (exact) mass is 436 g/mol. The van der Waals surface area contributed by atoms with Crippen molar-refractivity contribution in [3.63, 3.8) is 0 Å². The number of nitrogens with zero attached hydrogens (tertiary/aromatic N) is 6. The van der Waals surface area contributed by atoms with Gasteiger partial charge in [-0.05, 0) is 50.6 Å². The average Bonchev–Trinajstić information content (AvgIpc) is 3.11. The molecule has 3 aromatic rings. The van der Waals surface area contributed by atoms with Gasteiger partial charge in [-0.1, -0.05) is 23.7 Å². The fourth-order valence-corrected chi connectivity index (χ4v) is 3.80. The molecule has 2 aromatic heterocycles. The smallest absolute Gasteiger partial charge is 0.246 e. The molecule has 1 fully saturated rings. The van der Waals surface area contributed by atoms with Crippen molar-refractivity contribution in [1.29, 1.82) is 0 Å². The maximum absolute atomic E-state index is 12.6. The van der Waals surface area contributed by atoms with Crippen LogP contribution in [0.5, 0.6) is 0 Å². The highest BCUT2D eigenvalue weighted by Crippen LogP contribution is 2.19. The van der Waals surface area contributed by atoms with E-state index in [0.29, 0.717) is 37.0 Å². The van der Waals surface area contributed by atoms with Crippen LogP contribution in [0.25, 0.3) is 11.9 Å². The van der Waals surface area contributed by atoms with Crippen molar-refractivity contribution in [2.24, 2.45) is 0 Å². The Balaban J connectivity index is 1.42. The van der Waals surface area contributed by atoms with E-state index < -0.39 is 0 Å². The Morgan fingerprint density at radius 3 is 2.29 bits per heavy atom. The fraction of sp³-hybridized carbons (Fsp3) is 0.304. The predicted molar refractivity (Wildman–Crippen MR) is 123 cm³/mol. The highest BCUT2D eigenvalue weighted by molar-refractivity contribution is 6.30. The quantitative estimate of drug-likeness (QED) is 0.584. The van der Waals surface area contributed by atoms with Gasteiger partial charge in [0.15, 0.2) is 5.82 Å². The van der Waals surface area contributed by atoms with Crippen LogP contribution in [0.1, 0.15) is 22.8 Å². The number of halogens is 1. The maximum Gasteiger partial charge on any atom is 0.246 e. The summed E-state index contributed by atoms with van der Waals surface area (Å²) in [5, 5.41) is 5.21. The summed E-state index contributed by atoms with van der Waals surface area (Å²) in [5.41, 5.74) is 2.93. The van der Waals surface area contributed by atoms with Crippen LogP contribution in [-0.4, -0.2) is 56.7 Å². The summed E-state index contributed by atoms with van der Waals surface area (Å²) in [4.78, 5) is 25.8. The van der Waals surface area contributed by atoms with Crippen molar-refractivity contribution in [1.82, 2.24) is 24.6 Å². The number of amides is 1. The standard InChI is InChI=1S/C23H25ClN6O/c1-16-14-17(2)30(27-16)22-15-21(25-18(3)26-22)28-10-12-29(13-11-28)23(31)9-6-19-4-7-20(24)8-5-19/h4-9,14-15H,10-13H2,1-3H3/b9-6+. The minimum absolute atomic E-state index is 0.0109. The number of carbonyl (C=O) groups is 1. The van der Waals surface area contributed by atoms with Gasteiger partial charge in [0.1, 0.15) is 11.6 Å². The first-order valence-electron chi connectivity index (χ1n) is 10.3. The second-order valence-corrected chi connectivity index (χ2v) is 8.10. The van der Waals surface area contributed by atoms with Crippen LogP contribution in [0.3, 0.4) is 0 Å². The SMILES string of the molecule is Cc1cc(C)n(-c2cc(N3CCN(C(=O)/C=C/c4ccc(Cl)cc4)CC3)nc(C)n2)n1. The molecular formula is C23H25ClN6O. The topological polar surface area (TPSA) is 67.2 Å². The molecule has 0 N–H and O–H groups in total. The Hall–Kier alpha value is -3.19. The zero-order valence-electron chi connectivity index (χ0n) is 17.9. The van der Waals surface area contributed by atoms with Gasteiger partial charge in [0.05, 0.1) is 5.69 Å². The van der Waals surface area contributed by atoms with Gasteiger partial charge >= 0.3 is 0 Å². The van der Waals surface area contributed by atoms with E-state index >= 15 is 0 Å². The van der Waals surface area contributed by atoms with Gasteiger partial charge in [-0.25, -0.2) is 14.6 Å². The van der Waals surface area contributed by atoms with Crippen molar-refractivity contribution in [3.05, 3.63) is 70.3 Å². The van der Waals surface area contributed by atoms with Crippen molar-refractivity contribution >= 4 is 29.4 Å². The van der Waals surface area contributed by atoms with Crippen LogP contribution in [0, 0.1) is 20.8 Å². The van der Waals surface area contributed by atoms with Gasteiger partial charge in [-0.15, -0.1) is 0 Å². The lowest BCUT2D eigenvalue weighted by molar-refractivity contribution is -0.126. The summed E-state index contributed by atoms with van der Waals surface area (Å²) < 4.78 is 1.84. The second kappa shape index (κ2) is 8.89. The number of rotatable bonds is 4. The highest BCUT2D eigenvalue weighted by atomic mass is 35.5. The second-order valence-electron chi connectivity index (χ2n) is 7.67. The Bertz CT molecular complexity index is 1110. The van der Waals surface area contributed by atoms with E-state index in [2.05, 4.69) is 20.0 Å². The summed E-state index contributed by atoms with van der Waals surface area (Å²) >= 11 is 5.91. The van der Waals surface area contributed by atoms with Crippen molar-refractivity contribution in [3.8, 4) is 5.82 Å². The van der Waals surface area contributed by atoms with Crippen LogP contribution in [0.4, 0.5) is 5.82 Å². The van der Waals surface area contributed by atoms with Gasteiger partial charge in [0, 0.05) is 49.0 Å². The van der Waals surface area contributed by atoms with Crippen LogP contribution in [0.2, 0.25) is 5.02 Å². The zero-order valence-corrected chi connectivity index (χ0v) is 18.7. The van der Waals surface area contributed by atoms with Crippen molar-refractivity contribution in [2.75, 3.05) is 31.1 Å². The van der Waals surface area contributed by atoms with E-state index in [1.807, 2.05) is 72.8 Å². The molecule has 31 heavy (non-hydrogen) atoms. The fourth-order valence-electron chi connectivity index (χ4n) is 3.67. The average molecular weight is 437 g/mol. The van der Waals surface area contributed by atoms with Gasteiger partial charge < -0.3 is 9.80 Å². The third kappa shape index (κ3) is 4.94. The molecule has 0 spiro atoms. The first kappa shape index (κ1) is 21.1. The number of aromatic nitrogens is 4. The molecule has 4 rings (SSSR count). The van der Waals surface area contributed by atoms with Crippen LogP contribution in [-0.2, 0) is 4.79 Å². The Kier molecular flexibility index (Phi) is 6.04. The lowest BCUT2D eigenvalue weighted by Crippen LogP contribution is -2.48. The summed E-state index contributed by atoms with van der Waals surface area (Å²) in [6.07, 6.45) is 3.44. The molecule has 3 heterocycles. The van der Waals surface area contributed by atoms with Gasteiger partial charge in [0.2, 0.25) is 5.91 Å². The zero-order chi connectivity index (χ0) is 22.0. The van der Waals surface area contributed by atoms with E-state index in [1.165, 1.54) is 0 Å². The molecule has 1 aromatic carbocycles. The molecule has 1 amide bonds. The summed E-state index contributed by atoms with van der Waals surface area (Å²) in [6.45, 7) is 8.58. The molecule has 8 heteroatoms. The molecule has 0 saturated carbocycles. The third-order valence-corrected chi connectivity index (χ3v) is 5.49. The largest absolute Gasteiger partial charge is 0.353 e. The molecular weight excluding hydrogens is 412 g/mol. The van der Waals surface area contributed by atoms with Crippen molar-refractivity contribution < 1.29 is 4.79 Å². The van der Waals surface area contributed by atoms with E-state index in [4.69, 9.17) is 11.6 Å². The lowest BCUT2D eigenvalue weighted by atomic mass is 10.2. The van der Waals surface area contributed by atoms with E-state index in [0.717, 1.165) is 28.6 Å². The van der Waals surface area contributed by atoms with Gasteiger partial charge in [-0.2, -0.15) is 5.10 Å². The Morgan fingerprint density at radius 1 is 0.968 bits per heavy atom. The summed E-state index contributed by atoms with van der Waals surface area (Å²) in [7, 11) is 0. The first-order chi connectivity index (χ1) is 14.9. The lowest BCUT2D eigenvalue weighted by Gasteiger charge is -2.35. The minimum atomic E-state index is 0.0109. The number of hydrogen-bond donors (Lipinski definition) is 0. The normalized spacial score (nSPS) is 14.5. The molecule has 160 valence electrons. The van der Waals surface area contributed by atoms with Crippen LogP contribution in [0.15, 0.2) is 42.5 Å². The summed E-state index contributed by atoms with van der Waals surface area (Å²) in [5.74, 6) is 2.33. The molecule has 0 bridgehead atoms. The molecule has 1 aliphatic heterocycles. The van der Waals surface area contributed by atoms with Crippen LogP contribution >= 0.6 is 11.6 Å². The molecule has 7 nitrogen and oxygen atoms in total. The highest BCUT2D eigenvalue weighted by Gasteiger charge is 2.21. The molecule has 0 radical (unpaired) electrons. The van der Waals surface area contributed by atoms with E-state index in [1.54, 1.807) is 6.08 Å². The van der Waals surface area contributed by atoms with Gasteiger partial charge in [-0.3, -0.25) is 4.79 Å². The van der Waals surface area contributed by atoms with Crippen LogP contribution < -0.4 is 4.90 Å².